The van der Waals surface area contributed by atoms with Gasteiger partial charge in [0.15, 0.2) is 5.78 Å². The number of hydrogen-bond acceptors (Lipinski definition) is 1. The third kappa shape index (κ3) is 1.81. The first-order valence-electron chi connectivity index (χ1n) is 10.8. The molecule has 0 saturated heterocycles. The SMILES string of the molecule is O=C1CC=Cc2c1cc1ccc3cc4c5ccccc5cc5ccc6cc2c1c3c6c54. The van der Waals surface area contributed by atoms with Gasteiger partial charge >= 0.3 is 0 Å². The van der Waals surface area contributed by atoms with E-state index in [1.165, 1.54) is 59.2 Å². The van der Waals surface area contributed by atoms with Crippen LogP contribution in [0.3, 0.4) is 0 Å². The predicted octanol–water partition coefficient (Wildman–Crippen LogP) is 8.08. The van der Waals surface area contributed by atoms with E-state index in [1.54, 1.807) is 0 Å². The van der Waals surface area contributed by atoms with Crippen LogP contribution in [0.4, 0.5) is 0 Å². The molecular weight excluding hydrogens is 376 g/mol. The van der Waals surface area contributed by atoms with Crippen molar-refractivity contribution in [2.45, 2.75) is 6.42 Å². The zero-order chi connectivity index (χ0) is 20.3. The Morgan fingerprint density at radius 1 is 0.548 bits per heavy atom. The molecule has 0 fully saturated rings. The summed E-state index contributed by atoms with van der Waals surface area (Å²) >= 11 is 0. The van der Waals surface area contributed by atoms with Gasteiger partial charge < -0.3 is 0 Å². The van der Waals surface area contributed by atoms with E-state index in [9.17, 15) is 4.79 Å². The molecule has 0 unspecified atom stereocenters. The third-order valence-corrected chi connectivity index (χ3v) is 7.26. The number of hydrogen-bond donors (Lipinski definition) is 0. The number of rotatable bonds is 0. The summed E-state index contributed by atoms with van der Waals surface area (Å²) in [5.41, 5.74) is 1.93. The van der Waals surface area contributed by atoms with Crippen LogP contribution in [0.25, 0.3) is 70.7 Å². The number of carbonyl (C=O) groups is 1. The van der Waals surface area contributed by atoms with Crippen molar-refractivity contribution in [2.24, 2.45) is 0 Å². The Balaban J connectivity index is 1.72. The molecule has 0 aromatic heterocycles. The van der Waals surface area contributed by atoms with Crippen molar-refractivity contribution in [1.29, 1.82) is 0 Å². The molecule has 31 heavy (non-hydrogen) atoms. The predicted molar refractivity (Wildman–Crippen MR) is 132 cm³/mol. The molecule has 7 aromatic rings. The van der Waals surface area contributed by atoms with Gasteiger partial charge in [-0.3, -0.25) is 4.79 Å². The fraction of sp³-hybridized carbons (Fsp3) is 0.0333. The van der Waals surface area contributed by atoms with E-state index in [2.05, 4.69) is 78.9 Å². The number of fused-ring (bicyclic) bond motifs is 4. The summed E-state index contributed by atoms with van der Waals surface area (Å²) < 4.78 is 0. The summed E-state index contributed by atoms with van der Waals surface area (Å²) in [4.78, 5) is 12.7. The van der Waals surface area contributed by atoms with E-state index in [4.69, 9.17) is 0 Å². The first-order chi connectivity index (χ1) is 15.3. The number of ketones is 1. The lowest BCUT2D eigenvalue weighted by Gasteiger charge is -2.21. The van der Waals surface area contributed by atoms with Gasteiger partial charge in [-0.25, -0.2) is 0 Å². The highest BCUT2D eigenvalue weighted by molar-refractivity contribution is 6.39. The molecule has 0 N–H and O–H groups in total. The van der Waals surface area contributed by atoms with Gasteiger partial charge in [0.2, 0.25) is 0 Å². The second kappa shape index (κ2) is 5.19. The Morgan fingerprint density at radius 3 is 2.00 bits per heavy atom. The van der Waals surface area contributed by atoms with Crippen LogP contribution < -0.4 is 0 Å². The molecule has 0 amide bonds. The van der Waals surface area contributed by atoms with Crippen molar-refractivity contribution in [3.05, 3.63) is 90.0 Å². The molecule has 8 rings (SSSR count). The second-order valence-electron chi connectivity index (χ2n) is 8.84. The molecule has 1 nitrogen and oxygen atoms in total. The zero-order valence-corrected chi connectivity index (χ0v) is 16.7. The molecular formula is C30H16O. The van der Waals surface area contributed by atoms with Gasteiger partial charge in [-0.05, 0) is 94.5 Å². The topological polar surface area (TPSA) is 17.1 Å². The van der Waals surface area contributed by atoms with E-state index in [0.29, 0.717) is 6.42 Å². The maximum Gasteiger partial charge on any atom is 0.167 e. The van der Waals surface area contributed by atoms with Crippen molar-refractivity contribution >= 4 is 76.5 Å². The lowest BCUT2D eigenvalue weighted by Crippen LogP contribution is -2.05. The Bertz CT molecular complexity index is 1920. The monoisotopic (exact) mass is 392 g/mol. The van der Waals surface area contributed by atoms with Gasteiger partial charge in [0.1, 0.15) is 0 Å². The minimum atomic E-state index is 0.214. The lowest BCUT2D eigenvalue weighted by atomic mass is 9.82. The maximum atomic E-state index is 12.7. The van der Waals surface area contributed by atoms with Crippen LogP contribution in [0, 0.1) is 0 Å². The molecule has 7 aromatic carbocycles. The fourth-order valence-corrected chi connectivity index (χ4v) is 5.97. The number of carbonyl (C=O) groups excluding carboxylic acids is 1. The molecule has 1 aliphatic rings. The summed E-state index contributed by atoms with van der Waals surface area (Å²) in [5.74, 6) is 0.214. The minimum absolute atomic E-state index is 0.214. The van der Waals surface area contributed by atoms with Crippen LogP contribution in [-0.4, -0.2) is 5.78 Å². The van der Waals surface area contributed by atoms with Crippen LogP contribution in [0.15, 0.2) is 78.9 Å². The largest absolute Gasteiger partial charge is 0.294 e. The van der Waals surface area contributed by atoms with Gasteiger partial charge in [0.05, 0.1) is 0 Å². The van der Waals surface area contributed by atoms with Crippen LogP contribution in [0.1, 0.15) is 22.3 Å². The van der Waals surface area contributed by atoms with Crippen LogP contribution in [0.5, 0.6) is 0 Å². The van der Waals surface area contributed by atoms with Gasteiger partial charge in [0, 0.05) is 12.0 Å². The highest BCUT2D eigenvalue weighted by Gasteiger charge is 2.22. The lowest BCUT2D eigenvalue weighted by molar-refractivity contribution is 0.0995. The Kier molecular flexibility index (Phi) is 2.65. The third-order valence-electron chi connectivity index (χ3n) is 7.26. The quantitative estimate of drug-likeness (QED) is 0.188. The molecule has 0 heterocycles. The summed E-state index contributed by atoms with van der Waals surface area (Å²) in [6.07, 6.45) is 4.63. The minimum Gasteiger partial charge on any atom is -0.294 e. The van der Waals surface area contributed by atoms with E-state index < -0.39 is 0 Å². The van der Waals surface area contributed by atoms with Crippen LogP contribution in [-0.2, 0) is 0 Å². The summed E-state index contributed by atoms with van der Waals surface area (Å²) in [5, 5.41) is 15.4. The van der Waals surface area contributed by atoms with Gasteiger partial charge in [-0.15, -0.1) is 0 Å². The Labute approximate surface area is 177 Å². The molecule has 1 heteroatoms. The zero-order valence-electron chi connectivity index (χ0n) is 16.7. The van der Waals surface area contributed by atoms with Crippen molar-refractivity contribution in [3.63, 3.8) is 0 Å². The molecule has 0 aliphatic heterocycles. The van der Waals surface area contributed by atoms with Gasteiger partial charge in [-0.1, -0.05) is 60.7 Å². The van der Waals surface area contributed by atoms with Crippen molar-refractivity contribution in [1.82, 2.24) is 0 Å². The summed E-state index contributed by atoms with van der Waals surface area (Å²) in [7, 11) is 0. The van der Waals surface area contributed by atoms with E-state index in [0.717, 1.165) is 16.5 Å². The van der Waals surface area contributed by atoms with Crippen molar-refractivity contribution < 1.29 is 4.79 Å². The van der Waals surface area contributed by atoms with Crippen LogP contribution >= 0.6 is 0 Å². The van der Waals surface area contributed by atoms with Crippen molar-refractivity contribution in [3.8, 4) is 0 Å². The molecule has 0 atom stereocenters. The highest BCUT2D eigenvalue weighted by atomic mass is 16.1. The summed E-state index contributed by atoms with van der Waals surface area (Å²) in [6.45, 7) is 0. The number of Topliss-reactive ketones (excluding diaryl/α,β-unsaturated/α-hetero) is 1. The molecule has 0 spiro atoms. The fourth-order valence-electron chi connectivity index (χ4n) is 5.97. The Hall–Kier alpha value is -3.97. The molecule has 0 bridgehead atoms. The first kappa shape index (κ1) is 15.8. The highest BCUT2D eigenvalue weighted by Crippen LogP contribution is 2.46. The number of allylic oxidation sites excluding steroid dienone is 1. The summed E-state index contributed by atoms with van der Waals surface area (Å²) in [6, 6.07) is 26.7. The van der Waals surface area contributed by atoms with E-state index in [-0.39, 0.29) is 5.78 Å². The average Bonchev–Trinajstić information content (AvgIpc) is 2.81. The average molecular weight is 392 g/mol. The molecule has 1 aliphatic carbocycles. The normalized spacial score (nSPS) is 14.3. The van der Waals surface area contributed by atoms with Crippen LogP contribution in [0.2, 0.25) is 0 Å². The standard InChI is InChI=1S/C30H16O/c31-26-7-3-6-22-23(26)13-18-9-11-19-14-24-21-5-2-1-4-16(21)12-17-8-10-20-15-25(22)28(18)30(19)29(20)27(17)24/h1-6,8-15H,7H2. The van der Waals surface area contributed by atoms with Crippen molar-refractivity contribution in [2.75, 3.05) is 0 Å². The van der Waals surface area contributed by atoms with Gasteiger partial charge in [-0.2, -0.15) is 0 Å². The Morgan fingerprint density at radius 2 is 1.19 bits per heavy atom. The van der Waals surface area contributed by atoms with E-state index >= 15 is 0 Å². The molecule has 0 saturated carbocycles. The maximum absolute atomic E-state index is 12.7. The second-order valence-corrected chi connectivity index (χ2v) is 8.84. The molecule has 142 valence electrons. The first-order valence-corrected chi connectivity index (χ1v) is 10.8. The number of benzene rings is 7. The smallest absolute Gasteiger partial charge is 0.167 e. The van der Waals surface area contributed by atoms with Gasteiger partial charge in [0.25, 0.3) is 0 Å². The molecule has 0 radical (unpaired) electrons. The van der Waals surface area contributed by atoms with E-state index in [1.807, 2.05) is 6.08 Å².